The van der Waals surface area contributed by atoms with E-state index in [9.17, 15) is 28.8 Å². The van der Waals surface area contributed by atoms with Gasteiger partial charge in [0.05, 0.1) is 17.6 Å². The summed E-state index contributed by atoms with van der Waals surface area (Å²) in [6.07, 6.45) is 12.3. The summed E-state index contributed by atoms with van der Waals surface area (Å²) in [5.74, 6) is 0.0873. The molecule has 6 amide bonds. The fourth-order valence-electron chi connectivity index (χ4n) is 8.08. The topological polar surface area (TPSA) is 200 Å². The van der Waals surface area contributed by atoms with Crippen molar-refractivity contribution in [2.45, 2.75) is 71.6 Å². The number of benzene rings is 1. The average Bonchev–Trinajstić information content (AvgIpc) is 3.43. The van der Waals surface area contributed by atoms with Gasteiger partial charge in [0.25, 0.3) is 17.7 Å². The molecule has 1 aliphatic carbocycles. The summed E-state index contributed by atoms with van der Waals surface area (Å²) in [6.45, 7) is 7.86. The Balaban J connectivity index is 0.906. The van der Waals surface area contributed by atoms with Crippen molar-refractivity contribution in [1.29, 1.82) is 0 Å². The number of hydrogen-bond acceptors (Lipinski definition) is 10. The van der Waals surface area contributed by atoms with E-state index < -0.39 is 0 Å². The Kier molecular flexibility index (Phi) is 14.1. The number of rotatable bonds is 15. The number of carbonyl (C=O) groups is 6. The number of nitrogens with two attached hydrogens (primary N) is 1. The third kappa shape index (κ3) is 10.5. The Labute approximate surface area is 339 Å². The maximum atomic E-state index is 13.3. The molecule has 0 radical (unpaired) electrons. The van der Waals surface area contributed by atoms with Crippen molar-refractivity contribution < 1.29 is 28.8 Å². The van der Waals surface area contributed by atoms with Crippen molar-refractivity contribution in [2.75, 3.05) is 56.0 Å². The van der Waals surface area contributed by atoms with Crippen molar-refractivity contribution in [1.82, 2.24) is 25.4 Å². The number of imide groups is 1. The summed E-state index contributed by atoms with van der Waals surface area (Å²) in [5, 5.41) is 8.82. The number of pyridine rings is 1. The van der Waals surface area contributed by atoms with Crippen molar-refractivity contribution in [3.05, 3.63) is 65.4 Å². The highest BCUT2D eigenvalue weighted by molar-refractivity contribution is 6.13. The van der Waals surface area contributed by atoms with E-state index in [0.29, 0.717) is 99.8 Å². The van der Waals surface area contributed by atoms with Crippen LogP contribution in [0.2, 0.25) is 0 Å². The molecule has 0 unspecified atom stereocenters. The number of amides is 6. The number of hydrogen-bond donors (Lipinski definition) is 4. The number of aliphatic imine (C=N–C) groups is 1. The fraction of sp³-hybridized carbons (Fsp3) is 0.488. The Morgan fingerprint density at radius 3 is 2.09 bits per heavy atom. The van der Waals surface area contributed by atoms with E-state index in [0.717, 1.165) is 37.1 Å². The zero-order valence-corrected chi connectivity index (χ0v) is 33.5. The zero-order chi connectivity index (χ0) is 41.2. The lowest BCUT2D eigenvalue weighted by Crippen LogP contribution is -2.43. The van der Waals surface area contributed by atoms with Crippen LogP contribution >= 0.6 is 0 Å². The average molecular weight is 794 g/mol. The Hall–Kier alpha value is -5.86. The molecule has 15 nitrogen and oxygen atoms in total. The van der Waals surface area contributed by atoms with Crippen molar-refractivity contribution >= 4 is 64.5 Å². The first kappa shape index (κ1) is 41.8. The van der Waals surface area contributed by atoms with Gasteiger partial charge >= 0.3 is 0 Å². The SMILES string of the molecule is CCCN(CCC)C(=O)C1=Cc2ccc(C(=O)Nc3ccc(N4CCC(C(=O)NCCNC(=O)C5CCC(CN6C(=O)C=CC6=O)CC5)CC4)nc3)cc2N=C(N)C1. The first-order valence-electron chi connectivity index (χ1n) is 20.6. The van der Waals surface area contributed by atoms with Gasteiger partial charge in [-0.15, -0.1) is 0 Å². The molecule has 1 aromatic carbocycles. The third-order valence-electron chi connectivity index (χ3n) is 11.3. The Morgan fingerprint density at radius 1 is 0.845 bits per heavy atom. The molecule has 5 N–H and O–H groups in total. The predicted octanol–water partition coefficient (Wildman–Crippen LogP) is 3.94. The molecule has 1 aromatic heterocycles. The van der Waals surface area contributed by atoms with Crippen molar-refractivity contribution in [2.24, 2.45) is 28.5 Å². The van der Waals surface area contributed by atoms with Crippen LogP contribution in [-0.4, -0.2) is 102 Å². The number of fused-ring (bicyclic) bond motifs is 1. The van der Waals surface area contributed by atoms with Gasteiger partial charge < -0.3 is 31.5 Å². The molecule has 0 bridgehead atoms. The van der Waals surface area contributed by atoms with Gasteiger partial charge in [-0.3, -0.25) is 33.7 Å². The van der Waals surface area contributed by atoms with Crippen LogP contribution in [0.3, 0.4) is 0 Å². The van der Waals surface area contributed by atoms with E-state index in [1.165, 1.54) is 17.1 Å². The van der Waals surface area contributed by atoms with Gasteiger partial charge in [0, 0.05) is 92.9 Å². The van der Waals surface area contributed by atoms with Crippen LogP contribution in [0.25, 0.3) is 6.08 Å². The molecule has 4 heterocycles. The van der Waals surface area contributed by atoms with E-state index in [2.05, 4.69) is 30.8 Å². The quantitative estimate of drug-likeness (QED) is 0.152. The zero-order valence-electron chi connectivity index (χ0n) is 33.5. The second-order valence-corrected chi connectivity index (χ2v) is 15.6. The Morgan fingerprint density at radius 2 is 1.48 bits per heavy atom. The molecular weight excluding hydrogens is 739 g/mol. The van der Waals surface area contributed by atoms with E-state index in [-0.39, 0.29) is 59.6 Å². The van der Waals surface area contributed by atoms with Crippen LogP contribution in [0.15, 0.2) is 59.2 Å². The van der Waals surface area contributed by atoms with E-state index in [4.69, 9.17) is 5.73 Å². The van der Waals surface area contributed by atoms with Crippen LogP contribution in [0.4, 0.5) is 17.2 Å². The van der Waals surface area contributed by atoms with Crippen molar-refractivity contribution in [3.63, 3.8) is 0 Å². The number of amidine groups is 1. The van der Waals surface area contributed by atoms with E-state index in [1.54, 1.807) is 30.5 Å². The lowest BCUT2D eigenvalue weighted by molar-refractivity contribution is -0.138. The smallest absolute Gasteiger partial charge is 0.255 e. The van der Waals surface area contributed by atoms with Gasteiger partial charge in [-0.1, -0.05) is 19.9 Å². The molecule has 308 valence electrons. The minimum atomic E-state index is -0.327. The fourth-order valence-corrected chi connectivity index (χ4v) is 8.08. The van der Waals surface area contributed by atoms with Gasteiger partial charge in [-0.2, -0.15) is 0 Å². The third-order valence-corrected chi connectivity index (χ3v) is 11.3. The highest BCUT2D eigenvalue weighted by Crippen LogP contribution is 2.31. The first-order chi connectivity index (χ1) is 28.0. The number of nitrogens with one attached hydrogen (secondary N) is 3. The van der Waals surface area contributed by atoms with Crippen LogP contribution in [0.5, 0.6) is 0 Å². The standard InChI is InChI=1S/C43H55N9O6/c1-3-19-51(20-4-2)43(58)33-23-31-9-10-32(24-35(31)49-36(44)25-33)42(57)48-34-11-12-37(47-26-34)50-21-15-30(16-22-50)41(56)46-18-17-45-40(55)29-7-5-28(6-8-29)27-52-38(53)13-14-39(52)54/h9-14,23-24,26,28-30H,3-8,15-22,25,27H2,1-2H3,(H2,44,49)(H,45,55)(H,46,56)(H,48,57). The molecule has 6 rings (SSSR count). The van der Waals surface area contributed by atoms with Crippen molar-refractivity contribution in [3.8, 4) is 0 Å². The molecule has 2 aromatic rings. The molecule has 0 atom stereocenters. The van der Waals surface area contributed by atoms with Gasteiger partial charge in [0.2, 0.25) is 17.7 Å². The molecular formula is C43H55N9O6. The summed E-state index contributed by atoms with van der Waals surface area (Å²) >= 11 is 0. The largest absolute Gasteiger partial charge is 0.387 e. The molecule has 1 saturated heterocycles. The van der Waals surface area contributed by atoms with E-state index >= 15 is 0 Å². The van der Waals surface area contributed by atoms with Crippen LogP contribution in [0, 0.1) is 17.8 Å². The molecule has 1 saturated carbocycles. The minimum absolute atomic E-state index is 0.0220. The monoisotopic (exact) mass is 793 g/mol. The molecule has 3 aliphatic heterocycles. The highest BCUT2D eigenvalue weighted by atomic mass is 16.2. The van der Waals surface area contributed by atoms with Crippen LogP contribution in [-0.2, 0) is 24.0 Å². The summed E-state index contributed by atoms with van der Waals surface area (Å²) in [5.41, 5.74) is 9.00. The van der Waals surface area contributed by atoms with Crippen LogP contribution < -0.4 is 26.6 Å². The predicted molar refractivity (Wildman–Crippen MR) is 222 cm³/mol. The van der Waals surface area contributed by atoms with Gasteiger partial charge in [-0.25, -0.2) is 9.98 Å². The summed E-state index contributed by atoms with van der Waals surface area (Å²) in [4.78, 5) is 90.3. The minimum Gasteiger partial charge on any atom is -0.387 e. The van der Waals surface area contributed by atoms with Crippen LogP contribution in [0.1, 0.15) is 87.6 Å². The second kappa shape index (κ2) is 19.5. The van der Waals surface area contributed by atoms with Gasteiger partial charge in [0.15, 0.2) is 0 Å². The molecule has 15 heteroatoms. The second-order valence-electron chi connectivity index (χ2n) is 15.6. The number of piperidine rings is 1. The maximum Gasteiger partial charge on any atom is 0.255 e. The maximum absolute atomic E-state index is 13.3. The number of aromatic nitrogens is 1. The highest BCUT2D eigenvalue weighted by Gasteiger charge is 2.31. The normalized spacial score (nSPS) is 19.5. The summed E-state index contributed by atoms with van der Waals surface area (Å²) < 4.78 is 0. The number of carbonyl (C=O) groups excluding carboxylic acids is 6. The number of nitrogens with zero attached hydrogens (tertiary/aromatic N) is 5. The molecule has 4 aliphatic rings. The lowest BCUT2D eigenvalue weighted by Gasteiger charge is -2.32. The lowest BCUT2D eigenvalue weighted by atomic mass is 9.81. The summed E-state index contributed by atoms with van der Waals surface area (Å²) in [7, 11) is 0. The summed E-state index contributed by atoms with van der Waals surface area (Å²) in [6, 6.07) is 8.82. The first-order valence-corrected chi connectivity index (χ1v) is 20.6. The molecule has 0 spiro atoms. The van der Waals surface area contributed by atoms with Gasteiger partial charge in [-0.05, 0) is 87.6 Å². The Bertz CT molecular complexity index is 1940. The molecule has 58 heavy (non-hydrogen) atoms. The molecule has 2 fully saturated rings. The number of anilines is 2. The van der Waals surface area contributed by atoms with Gasteiger partial charge in [0.1, 0.15) is 11.7 Å². The van der Waals surface area contributed by atoms with E-state index in [1.807, 2.05) is 30.9 Å².